The maximum absolute atomic E-state index is 6.07. The van der Waals surface area contributed by atoms with Crippen molar-refractivity contribution in [2.24, 2.45) is 18.0 Å². The highest BCUT2D eigenvalue weighted by atomic mass is 16.5. The molecule has 1 heterocycles. The Kier molecular flexibility index (Phi) is 5.69. The third-order valence-electron chi connectivity index (χ3n) is 5.36. The number of guanidine groups is 1. The summed E-state index contributed by atoms with van der Waals surface area (Å²) in [6, 6.07) is 14.5. The number of fused-ring (bicyclic) bond motifs is 1. The highest BCUT2D eigenvalue weighted by Gasteiger charge is 2.22. The second-order valence-corrected chi connectivity index (χ2v) is 7.72. The number of aromatic nitrogens is 2. The number of imidazole rings is 1. The first kappa shape index (κ1) is 19.3. The van der Waals surface area contributed by atoms with Crippen molar-refractivity contribution in [3.8, 4) is 5.75 Å². The van der Waals surface area contributed by atoms with Crippen molar-refractivity contribution in [2.45, 2.75) is 32.9 Å². The van der Waals surface area contributed by atoms with E-state index in [0.717, 1.165) is 46.7 Å². The average molecular weight is 392 g/mol. The highest BCUT2D eigenvalue weighted by Crippen LogP contribution is 2.30. The molecule has 0 radical (unpaired) electrons. The summed E-state index contributed by atoms with van der Waals surface area (Å²) in [5, 5.41) is 6.76. The molecule has 1 aliphatic carbocycles. The Hall–Kier alpha value is -3.02. The molecule has 1 fully saturated rings. The summed E-state index contributed by atoms with van der Waals surface area (Å²) in [5.74, 6) is 3.41. The predicted octanol–water partition coefficient (Wildman–Crippen LogP) is 3.54. The van der Waals surface area contributed by atoms with Crippen LogP contribution in [0.5, 0.6) is 5.75 Å². The molecule has 152 valence electrons. The van der Waals surface area contributed by atoms with Crippen LogP contribution in [0.15, 0.2) is 47.5 Å². The molecule has 2 N–H and O–H groups in total. The van der Waals surface area contributed by atoms with Crippen molar-refractivity contribution in [1.29, 1.82) is 0 Å². The third kappa shape index (κ3) is 4.70. The minimum atomic E-state index is 0.601. The Morgan fingerprint density at radius 1 is 1.17 bits per heavy atom. The van der Waals surface area contributed by atoms with E-state index in [1.807, 2.05) is 25.2 Å². The normalized spacial score (nSPS) is 14.2. The fraction of sp³-hybridized carbons (Fsp3) is 0.391. The second kappa shape index (κ2) is 8.55. The standard InChI is InChI=1S/C23H29N5O/c1-16-8-11-18(21(12-16)29-15-17-9-10-17)13-25-23(24-2)26-14-22-27-19-6-4-5-7-20(19)28(22)3/h4-8,11-12,17H,9-10,13-15H2,1-3H3,(H2,24,25,26). The number of nitrogens with zero attached hydrogens (tertiary/aromatic N) is 3. The van der Waals surface area contributed by atoms with E-state index in [9.17, 15) is 0 Å². The van der Waals surface area contributed by atoms with Gasteiger partial charge in [0.05, 0.1) is 24.2 Å². The number of hydrogen-bond donors (Lipinski definition) is 2. The lowest BCUT2D eigenvalue weighted by molar-refractivity contribution is 0.296. The zero-order chi connectivity index (χ0) is 20.2. The van der Waals surface area contributed by atoms with Gasteiger partial charge in [-0.05, 0) is 49.4 Å². The molecule has 0 unspecified atom stereocenters. The van der Waals surface area contributed by atoms with Gasteiger partial charge in [-0.2, -0.15) is 0 Å². The fourth-order valence-electron chi connectivity index (χ4n) is 3.35. The number of aryl methyl sites for hydroxylation is 2. The molecule has 3 aromatic rings. The van der Waals surface area contributed by atoms with Crippen LogP contribution in [0.25, 0.3) is 11.0 Å². The first-order valence-corrected chi connectivity index (χ1v) is 10.2. The molecule has 1 aromatic heterocycles. The fourth-order valence-corrected chi connectivity index (χ4v) is 3.35. The largest absolute Gasteiger partial charge is 0.493 e. The lowest BCUT2D eigenvalue weighted by Gasteiger charge is -2.15. The number of aliphatic imine (C=N–C) groups is 1. The third-order valence-corrected chi connectivity index (χ3v) is 5.36. The smallest absolute Gasteiger partial charge is 0.191 e. The van der Waals surface area contributed by atoms with Gasteiger partial charge in [-0.1, -0.05) is 24.3 Å². The highest BCUT2D eigenvalue weighted by molar-refractivity contribution is 5.80. The van der Waals surface area contributed by atoms with Gasteiger partial charge in [0.1, 0.15) is 11.6 Å². The van der Waals surface area contributed by atoms with Crippen molar-refractivity contribution >= 4 is 17.0 Å². The molecule has 1 saturated carbocycles. The lowest BCUT2D eigenvalue weighted by Crippen LogP contribution is -2.37. The van der Waals surface area contributed by atoms with Crippen LogP contribution >= 0.6 is 0 Å². The summed E-state index contributed by atoms with van der Waals surface area (Å²) in [7, 11) is 3.82. The van der Waals surface area contributed by atoms with Crippen LogP contribution in [0.2, 0.25) is 0 Å². The van der Waals surface area contributed by atoms with E-state index < -0.39 is 0 Å². The Balaban J connectivity index is 1.37. The van der Waals surface area contributed by atoms with Gasteiger partial charge in [0.25, 0.3) is 0 Å². The van der Waals surface area contributed by atoms with E-state index in [0.29, 0.717) is 13.1 Å². The van der Waals surface area contributed by atoms with E-state index in [1.165, 1.54) is 18.4 Å². The number of rotatable bonds is 7. The molecule has 0 bridgehead atoms. The first-order valence-electron chi connectivity index (χ1n) is 10.2. The Morgan fingerprint density at radius 3 is 2.72 bits per heavy atom. The molecular weight excluding hydrogens is 362 g/mol. The quantitative estimate of drug-likeness (QED) is 0.478. The van der Waals surface area contributed by atoms with Crippen molar-refractivity contribution in [3.05, 3.63) is 59.4 Å². The van der Waals surface area contributed by atoms with Crippen LogP contribution < -0.4 is 15.4 Å². The van der Waals surface area contributed by atoms with E-state index in [4.69, 9.17) is 9.72 Å². The summed E-state index contributed by atoms with van der Waals surface area (Å²) < 4.78 is 8.18. The average Bonchev–Trinajstić information content (AvgIpc) is 3.51. The van der Waals surface area contributed by atoms with Gasteiger partial charge in [0, 0.05) is 26.2 Å². The van der Waals surface area contributed by atoms with E-state index in [-0.39, 0.29) is 0 Å². The van der Waals surface area contributed by atoms with Gasteiger partial charge in [-0.25, -0.2) is 4.98 Å². The van der Waals surface area contributed by atoms with Gasteiger partial charge in [-0.3, -0.25) is 4.99 Å². The van der Waals surface area contributed by atoms with Crippen molar-refractivity contribution in [2.75, 3.05) is 13.7 Å². The summed E-state index contributed by atoms with van der Waals surface area (Å²) in [6.45, 7) is 4.17. The lowest BCUT2D eigenvalue weighted by atomic mass is 10.1. The Labute approximate surface area is 172 Å². The number of hydrogen-bond acceptors (Lipinski definition) is 3. The second-order valence-electron chi connectivity index (χ2n) is 7.72. The van der Waals surface area contributed by atoms with Crippen LogP contribution in [0.1, 0.15) is 29.8 Å². The van der Waals surface area contributed by atoms with Gasteiger partial charge >= 0.3 is 0 Å². The van der Waals surface area contributed by atoms with Crippen LogP contribution in [-0.4, -0.2) is 29.2 Å². The summed E-state index contributed by atoms with van der Waals surface area (Å²) in [4.78, 5) is 9.05. The molecule has 0 spiro atoms. The van der Waals surface area contributed by atoms with Crippen LogP contribution in [0.3, 0.4) is 0 Å². The van der Waals surface area contributed by atoms with Crippen molar-refractivity contribution < 1.29 is 4.74 Å². The molecule has 0 atom stereocenters. The van der Waals surface area contributed by atoms with Gasteiger partial charge < -0.3 is 19.9 Å². The van der Waals surface area contributed by atoms with E-state index in [2.05, 4.69) is 51.4 Å². The molecular formula is C23H29N5O. The molecule has 4 rings (SSSR count). The predicted molar refractivity (Wildman–Crippen MR) is 117 cm³/mol. The van der Waals surface area contributed by atoms with Crippen LogP contribution in [0, 0.1) is 12.8 Å². The molecule has 2 aromatic carbocycles. The topological polar surface area (TPSA) is 63.5 Å². The minimum Gasteiger partial charge on any atom is -0.493 e. The van der Waals surface area contributed by atoms with E-state index in [1.54, 1.807) is 7.05 Å². The number of para-hydroxylation sites is 2. The van der Waals surface area contributed by atoms with Gasteiger partial charge in [0.15, 0.2) is 5.96 Å². The zero-order valence-electron chi connectivity index (χ0n) is 17.4. The first-order chi connectivity index (χ1) is 14.1. The molecule has 1 aliphatic rings. The number of benzene rings is 2. The molecule has 29 heavy (non-hydrogen) atoms. The Bertz CT molecular complexity index is 1020. The van der Waals surface area contributed by atoms with Crippen LogP contribution in [0.4, 0.5) is 0 Å². The number of ether oxygens (including phenoxy) is 1. The van der Waals surface area contributed by atoms with Gasteiger partial charge in [-0.15, -0.1) is 0 Å². The summed E-state index contributed by atoms with van der Waals surface area (Å²) in [6.07, 6.45) is 2.58. The SMILES string of the molecule is CN=C(NCc1ccc(C)cc1OCC1CC1)NCc1nc2ccccc2n1C. The maximum atomic E-state index is 6.07. The molecule has 0 aliphatic heterocycles. The maximum Gasteiger partial charge on any atom is 0.191 e. The van der Waals surface area contributed by atoms with Crippen molar-refractivity contribution in [1.82, 2.24) is 20.2 Å². The monoisotopic (exact) mass is 391 g/mol. The van der Waals surface area contributed by atoms with Crippen LogP contribution in [-0.2, 0) is 20.1 Å². The summed E-state index contributed by atoms with van der Waals surface area (Å²) in [5.41, 5.74) is 4.49. The molecule has 6 heteroatoms. The van der Waals surface area contributed by atoms with Crippen molar-refractivity contribution in [3.63, 3.8) is 0 Å². The Morgan fingerprint density at radius 2 is 1.97 bits per heavy atom. The van der Waals surface area contributed by atoms with E-state index >= 15 is 0 Å². The molecule has 6 nitrogen and oxygen atoms in total. The van der Waals surface area contributed by atoms with Gasteiger partial charge in [0.2, 0.25) is 0 Å². The molecule has 0 saturated heterocycles. The summed E-state index contributed by atoms with van der Waals surface area (Å²) >= 11 is 0. The number of nitrogens with one attached hydrogen (secondary N) is 2. The minimum absolute atomic E-state index is 0.601. The molecule has 0 amide bonds. The zero-order valence-corrected chi connectivity index (χ0v) is 17.4.